The van der Waals surface area contributed by atoms with Crippen molar-refractivity contribution in [1.82, 2.24) is 0 Å². The minimum absolute atomic E-state index is 0. The standard InChI is InChI=1S/C5H12N2.Pt/c6-5(7)3-1-2-4-5;/h1-4,6-7H2;. The van der Waals surface area contributed by atoms with Gasteiger partial charge in [0, 0.05) is 21.1 Å². The van der Waals surface area contributed by atoms with Gasteiger partial charge in [-0.15, -0.1) is 0 Å². The third-order valence-electron chi connectivity index (χ3n) is 1.53. The third kappa shape index (κ3) is 2.25. The molecule has 4 N–H and O–H groups in total. The molecule has 52 valence electrons. The first-order chi connectivity index (χ1) is 3.21. The zero-order valence-corrected chi connectivity index (χ0v) is 7.07. The summed E-state index contributed by atoms with van der Waals surface area (Å²) in [7, 11) is 0. The van der Waals surface area contributed by atoms with E-state index in [0.29, 0.717) is 0 Å². The van der Waals surface area contributed by atoms with Gasteiger partial charge in [-0.3, -0.25) is 0 Å². The average molecular weight is 295 g/mol. The molecule has 0 atom stereocenters. The molecule has 0 unspecified atom stereocenters. The van der Waals surface area contributed by atoms with E-state index in [1.807, 2.05) is 0 Å². The van der Waals surface area contributed by atoms with Crippen LogP contribution in [-0.4, -0.2) is 5.66 Å². The normalized spacial score (nSPS) is 24.8. The zero-order valence-electron chi connectivity index (χ0n) is 4.80. The first kappa shape index (κ1) is 8.61. The molecule has 8 heavy (non-hydrogen) atoms. The molecule has 1 saturated carbocycles. The Morgan fingerprint density at radius 3 is 1.50 bits per heavy atom. The zero-order chi connectivity index (χ0) is 5.33. The van der Waals surface area contributed by atoms with Crippen molar-refractivity contribution in [3.05, 3.63) is 0 Å². The van der Waals surface area contributed by atoms with E-state index in [-0.39, 0.29) is 26.7 Å². The molecule has 1 aliphatic carbocycles. The molecule has 3 heteroatoms. The third-order valence-corrected chi connectivity index (χ3v) is 1.53. The van der Waals surface area contributed by atoms with E-state index in [1.54, 1.807) is 0 Å². The van der Waals surface area contributed by atoms with E-state index in [4.69, 9.17) is 11.5 Å². The van der Waals surface area contributed by atoms with Gasteiger partial charge in [0.15, 0.2) is 0 Å². The Balaban J connectivity index is 0.000000490. The summed E-state index contributed by atoms with van der Waals surface area (Å²) < 4.78 is 0. The largest absolute Gasteiger partial charge is 0.313 e. The first-order valence-electron chi connectivity index (χ1n) is 2.78. The summed E-state index contributed by atoms with van der Waals surface area (Å²) in [5.41, 5.74) is 10.8. The van der Waals surface area contributed by atoms with E-state index >= 15 is 0 Å². The fourth-order valence-electron chi connectivity index (χ4n) is 1.03. The summed E-state index contributed by atoms with van der Waals surface area (Å²) in [5, 5.41) is 0. The number of hydrogen-bond acceptors (Lipinski definition) is 2. The molecular weight excluding hydrogens is 283 g/mol. The Bertz CT molecular complexity index is 64.8. The molecular formula is C5H12N2Pt. The Kier molecular flexibility index (Phi) is 3.18. The summed E-state index contributed by atoms with van der Waals surface area (Å²) in [4.78, 5) is 0. The smallest absolute Gasteiger partial charge is 0.0636 e. The van der Waals surface area contributed by atoms with Gasteiger partial charge in [-0.25, -0.2) is 0 Å². The van der Waals surface area contributed by atoms with Crippen LogP contribution in [0.5, 0.6) is 0 Å². The maximum atomic E-state index is 5.56. The molecule has 0 aromatic rings. The van der Waals surface area contributed by atoms with Gasteiger partial charge in [0.1, 0.15) is 0 Å². The number of hydrogen-bond donors (Lipinski definition) is 2. The summed E-state index contributed by atoms with van der Waals surface area (Å²) in [6, 6.07) is 0. The van der Waals surface area contributed by atoms with Crippen LogP contribution in [0.25, 0.3) is 0 Å². The van der Waals surface area contributed by atoms with Crippen molar-refractivity contribution in [2.45, 2.75) is 31.3 Å². The SMILES string of the molecule is NC1(N)CCCC1.[Pt]. The van der Waals surface area contributed by atoms with Gasteiger partial charge in [0.05, 0.1) is 5.66 Å². The molecule has 0 bridgehead atoms. The van der Waals surface area contributed by atoms with Crippen LogP contribution >= 0.6 is 0 Å². The van der Waals surface area contributed by atoms with E-state index in [0.717, 1.165) is 12.8 Å². The summed E-state index contributed by atoms with van der Waals surface area (Å²) >= 11 is 0. The quantitative estimate of drug-likeness (QED) is 0.626. The van der Waals surface area contributed by atoms with Crippen LogP contribution in [-0.2, 0) is 21.1 Å². The average Bonchev–Trinajstić information content (AvgIpc) is 1.84. The molecule has 1 fully saturated rings. The van der Waals surface area contributed by atoms with Crippen LogP contribution in [0.2, 0.25) is 0 Å². The molecule has 0 spiro atoms. The fourth-order valence-corrected chi connectivity index (χ4v) is 1.03. The second-order valence-corrected chi connectivity index (χ2v) is 2.44. The molecule has 0 aliphatic heterocycles. The van der Waals surface area contributed by atoms with E-state index in [9.17, 15) is 0 Å². The van der Waals surface area contributed by atoms with Crippen LogP contribution in [0.1, 0.15) is 25.7 Å². The van der Waals surface area contributed by atoms with Gasteiger partial charge in [0.25, 0.3) is 0 Å². The molecule has 2 nitrogen and oxygen atoms in total. The van der Waals surface area contributed by atoms with Gasteiger partial charge >= 0.3 is 0 Å². The van der Waals surface area contributed by atoms with Crippen molar-refractivity contribution in [2.24, 2.45) is 11.5 Å². The van der Waals surface area contributed by atoms with Crippen LogP contribution in [0.4, 0.5) is 0 Å². The number of nitrogens with two attached hydrogens (primary N) is 2. The summed E-state index contributed by atoms with van der Waals surface area (Å²) in [5.74, 6) is 0. The molecule has 0 radical (unpaired) electrons. The topological polar surface area (TPSA) is 52.0 Å². The van der Waals surface area contributed by atoms with Crippen LogP contribution in [0.3, 0.4) is 0 Å². The molecule has 0 saturated heterocycles. The summed E-state index contributed by atoms with van der Waals surface area (Å²) in [6.07, 6.45) is 4.44. The van der Waals surface area contributed by atoms with Gasteiger partial charge in [-0.2, -0.15) is 0 Å². The molecule has 0 aromatic heterocycles. The Hall–Kier alpha value is 0.608. The molecule has 1 aliphatic rings. The second kappa shape index (κ2) is 2.95. The minimum Gasteiger partial charge on any atom is -0.313 e. The Morgan fingerprint density at radius 2 is 1.38 bits per heavy atom. The maximum absolute atomic E-state index is 5.56. The van der Waals surface area contributed by atoms with Crippen LogP contribution in [0, 0.1) is 0 Å². The van der Waals surface area contributed by atoms with Crippen molar-refractivity contribution >= 4 is 0 Å². The van der Waals surface area contributed by atoms with Crippen molar-refractivity contribution in [3.8, 4) is 0 Å². The van der Waals surface area contributed by atoms with Gasteiger partial charge in [-0.1, -0.05) is 12.8 Å². The molecule has 0 aromatic carbocycles. The van der Waals surface area contributed by atoms with Gasteiger partial charge in [0.2, 0.25) is 0 Å². The first-order valence-corrected chi connectivity index (χ1v) is 2.78. The predicted molar refractivity (Wildman–Crippen MR) is 29.6 cm³/mol. The monoisotopic (exact) mass is 295 g/mol. The fraction of sp³-hybridized carbons (Fsp3) is 1.00. The molecule has 0 heterocycles. The predicted octanol–water partition coefficient (Wildman–Crippen LogP) is 0.172. The van der Waals surface area contributed by atoms with Crippen molar-refractivity contribution in [2.75, 3.05) is 0 Å². The van der Waals surface area contributed by atoms with E-state index < -0.39 is 0 Å². The van der Waals surface area contributed by atoms with E-state index in [1.165, 1.54) is 12.8 Å². The Labute approximate surface area is 64.3 Å². The second-order valence-electron chi connectivity index (χ2n) is 2.44. The molecule has 0 amide bonds. The van der Waals surface area contributed by atoms with Gasteiger partial charge < -0.3 is 11.5 Å². The van der Waals surface area contributed by atoms with Crippen molar-refractivity contribution < 1.29 is 21.1 Å². The Morgan fingerprint density at radius 1 is 1.00 bits per heavy atom. The maximum Gasteiger partial charge on any atom is 0.0636 e. The van der Waals surface area contributed by atoms with Crippen molar-refractivity contribution in [1.29, 1.82) is 0 Å². The van der Waals surface area contributed by atoms with Crippen molar-refractivity contribution in [3.63, 3.8) is 0 Å². The van der Waals surface area contributed by atoms with Crippen LogP contribution < -0.4 is 11.5 Å². The number of rotatable bonds is 0. The van der Waals surface area contributed by atoms with Gasteiger partial charge in [-0.05, 0) is 12.8 Å². The summed E-state index contributed by atoms with van der Waals surface area (Å²) in [6.45, 7) is 0. The van der Waals surface area contributed by atoms with E-state index in [2.05, 4.69) is 0 Å². The minimum atomic E-state index is -0.306. The van der Waals surface area contributed by atoms with Crippen LogP contribution in [0.15, 0.2) is 0 Å². The molecule has 1 rings (SSSR count).